The number of carboxylic acid groups (broad SMARTS) is 1. The molecule has 4 nitrogen and oxygen atoms in total. The molecule has 0 heterocycles. The molecule has 0 spiro atoms. The summed E-state index contributed by atoms with van der Waals surface area (Å²) < 4.78 is 36.9. The van der Waals surface area contributed by atoms with Crippen molar-refractivity contribution in [3.8, 4) is 0 Å². The van der Waals surface area contributed by atoms with Crippen LogP contribution in [0, 0.1) is 11.8 Å². The Morgan fingerprint density at radius 3 is 2.28 bits per heavy atom. The first-order valence-electron chi connectivity index (χ1n) is 5.84. The fourth-order valence-electron chi connectivity index (χ4n) is 2.35. The van der Waals surface area contributed by atoms with Crippen molar-refractivity contribution in [2.24, 2.45) is 11.8 Å². The van der Waals surface area contributed by atoms with Crippen molar-refractivity contribution in [1.82, 2.24) is 4.90 Å². The van der Waals surface area contributed by atoms with Gasteiger partial charge in [0.25, 0.3) is 0 Å². The molecule has 1 aliphatic rings. The SMILES string of the molecule is CCN(CC(F)(F)F)C(=O)[C@@H]1CCC[C@@H]1C(=O)O. The van der Waals surface area contributed by atoms with Crippen LogP contribution in [0.3, 0.4) is 0 Å². The zero-order valence-electron chi connectivity index (χ0n) is 10.0. The van der Waals surface area contributed by atoms with Gasteiger partial charge in [-0.1, -0.05) is 6.42 Å². The highest BCUT2D eigenvalue weighted by molar-refractivity contribution is 5.85. The van der Waals surface area contributed by atoms with E-state index in [0.29, 0.717) is 24.2 Å². The van der Waals surface area contributed by atoms with Gasteiger partial charge in [-0.2, -0.15) is 13.2 Å². The average molecular weight is 267 g/mol. The maximum atomic E-state index is 12.3. The molecule has 0 unspecified atom stereocenters. The van der Waals surface area contributed by atoms with E-state index in [-0.39, 0.29) is 6.54 Å². The van der Waals surface area contributed by atoms with Gasteiger partial charge in [0.15, 0.2) is 0 Å². The molecule has 0 radical (unpaired) electrons. The lowest BCUT2D eigenvalue weighted by atomic mass is 9.94. The van der Waals surface area contributed by atoms with Crippen LogP contribution in [-0.2, 0) is 9.59 Å². The normalized spacial score (nSPS) is 24.0. The highest BCUT2D eigenvalue weighted by Gasteiger charge is 2.41. The predicted molar refractivity (Wildman–Crippen MR) is 56.8 cm³/mol. The molecular formula is C11H16F3NO3. The summed E-state index contributed by atoms with van der Waals surface area (Å²) >= 11 is 0. The minimum Gasteiger partial charge on any atom is -0.481 e. The smallest absolute Gasteiger partial charge is 0.406 e. The number of hydrogen-bond donors (Lipinski definition) is 1. The van der Waals surface area contributed by atoms with E-state index in [0.717, 1.165) is 0 Å². The number of rotatable bonds is 4. The summed E-state index contributed by atoms with van der Waals surface area (Å²) in [4.78, 5) is 23.5. The summed E-state index contributed by atoms with van der Waals surface area (Å²) in [5, 5.41) is 8.93. The van der Waals surface area contributed by atoms with Crippen LogP contribution < -0.4 is 0 Å². The van der Waals surface area contributed by atoms with Gasteiger partial charge in [-0.3, -0.25) is 9.59 Å². The molecule has 0 saturated heterocycles. The Morgan fingerprint density at radius 1 is 1.28 bits per heavy atom. The third-order valence-corrected chi connectivity index (χ3v) is 3.21. The lowest BCUT2D eigenvalue weighted by molar-refractivity contribution is -0.165. The van der Waals surface area contributed by atoms with Gasteiger partial charge in [-0.05, 0) is 19.8 Å². The van der Waals surface area contributed by atoms with E-state index >= 15 is 0 Å². The number of aliphatic carboxylic acids is 1. The van der Waals surface area contributed by atoms with Gasteiger partial charge in [0, 0.05) is 6.54 Å². The molecule has 0 bridgehead atoms. The summed E-state index contributed by atoms with van der Waals surface area (Å²) in [5.74, 6) is -3.46. The lowest BCUT2D eigenvalue weighted by Crippen LogP contribution is -2.43. The van der Waals surface area contributed by atoms with E-state index in [1.54, 1.807) is 0 Å². The molecule has 1 amide bonds. The third-order valence-electron chi connectivity index (χ3n) is 3.21. The lowest BCUT2D eigenvalue weighted by Gasteiger charge is -2.26. The summed E-state index contributed by atoms with van der Waals surface area (Å²) in [6.07, 6.45) is -3.18. The molecule has 0 aliphatic heterocycles. The van der Waals surface area contributed by atoms with Crippen molar-refractivity contribution in [1.29, 1.82) is 0 Å². The second kappa shape index (κ2) is 5.58. The van der Waals surface area contributed by atoms with E-state index in [2.05, 4.69) is 0 Å². The first-order valence-corrected chi connectivity index (χ1v) is 5.84. The number of alkyl halides is 3. The van der Waals surface area contributed by atoms with Crippen LogP contribution in [0.25, 0.3) is 0 Å². The number of halogens is 3. The van der Waals surface area contributed by atoms with Crippen molar-refractivity contribution >= 4 is 11.9 Å². The standard InChI is InChI=1S/C11H16F3NO3/c1-2-15(6-11(12,13)14)9(16)7-4-3-5-8(7)10(17)18/h7-8H,2-6H2,1H3,(H,17,18)/t7-,8+/m1/s1. The van der Waals surface area contributed by atoms with E-state index < -0.39 is 36.4 Å². The van der Waals surface area contributed by atoms with Crippen LogP contribution in [0.5, 0.6) is 0 Å². The summed E-state index contributed by atoms with van der Waals surface area (Å²) in [5.41, 5.74) is 0. The summed E-state index contributed by atoms with van der Waals surface area (Å²) in [6.45, 7) is 0.0702. The number of hydrogen-bond acceptors (Lipinski definition) is 2. The largest absolute Gasteiger partial charge is 0.481 e. The first kappa shape index (κ1) is 14.8. The molecule has 1 N–H and O–H groups in total. The molecule has 104 valence electrons. The zero-order chi connectivity index (χ0) is 13.9. The number of carbonyl (C=O) groups excluding carboxylic acids is 1. The van der Waals surface area contributed by atoms with Crippen LogP contribution in [0.4, 0.5) is 13.2 Å². The van der Waals surface area contributed by atoms with E-state index in [1.165, 1.54) is 6.92 Å². The molecule has 2 atom stereocenters. The van der Waals surface area contributed by atoms with Crippen LogP contribution >= 0.6 is 0 Å². The summed E-state index contributed by atoms with van der Waals surface area (Å²) in [6, 6.07) is 0. The fourth-order valence-corrected chi connectivity index (χ4v) is 2.35. The second-order valence-electron chi connectivity index (χ2n) is 4.45. The Hall–Kier alpha value is -1.27. The second-order valence-corrected chi connectivity index (χ2v) is 4.45. The van der Waals surface area contributed by atoms with E-state index in [1.807, 2.05) is 0 Å². The first-order chi connectivity index (χ1) is 8.26. The van der Waals surface area contributed by atoms with Gasteiger partial charge in [0.05, 0.1) is 11.8 Å². The van der Waals surface area contributed by atoms with Gasteiger partial charge in [-0.25, -0.2) is 0 Å². The highest BCUT2D eigenvalue weighted by Crippen LogP contribution is 2.34. The van der Waals surface area contributed by atoms with Crippen molar-refractivity contribution in [2.75, 3.05) is 13.1 Å². The molecule has 0 aromatic rings. The molecule has 7 heteroatoms. The quantitative estimate of drug-likeness (QED) is 0.846. The molecule has 0 aromatic heterocycles. The van der Waals surface area contributed by atoms with Crippen LogP contribution in [-0.4, -0.2) is 41.1 Å². The minimum atomic E-state index is -4.46. The van der Waals surface area contributed by atoms with Crippen molar-refractivity contribution in [2.45, 2.75) is 32.4 Å². The van der Waals surface area contributed by atoms with Crippen LogP contribution in [0.1, 0.15) is 26.2 Å². The van der Waals surface area contributed by atoms with Crippen LogP contribution in [0.2, 0.25) is 0 Å². The van der Waals surface area contributed by atoms with Gasteiger partial charge in [-0.15, -0.1) is 0 Å². The molecule has 0 aromatic carbocycles. The predicted octanol–water partition coefficient (Wildman–Crippen LogP) is 1.90. The van der Waals surface area contributed by atoms with Gasteiger partial charge >= 0.3 is 12.1 Å². The monoisotopic (exact) mass is 267 g/mol. The molecule has 1 aliphatic carbocycles. The van der Waals surface area contributed by atoms with Crippen molar-refractivity contribution in [3.05, 3.63) is 0 Å². The van der Waals surface area contributed by atoms with Gasteiger partial charge in [0.2, 0.25) is 5.91 Å². The van der Waals surface area contributed by atoms with Crippen molar-refractivity contribution in [3.63, 3.8) is 0 Å². The van der Waals surface area contributed by atoms with E-state index in [4.69, 9.17) is 5.11 Å². The maximum Gasteiger partial charge on any atom is 0.406 e. The molecule has 1 fully saturated rings. The number of amides is 1. The Morgan fingerprint density at radius 2 is 1.83 bits per heavy atom. The average Bonchev–Trinajstić information content (AvgIpc) is 2.72. The minimum absolute atomic E-state index is 0.0683. The topological polar surface area (TPSA) is 57.6 Å². The van der Waals surface area contributed by atoms with Crippen LogP contribution in [0.15, 0.2) is 0 Å². The van der Waals surface area contributed by atoms with Gasteiger partial charge < -0.3 is 10.0 Å². The highest BCUT2D eigenvalue weighted by atomic mass is 19.4. The zero-order valence-corrected chi connectivity index (χ0v) is 10.0. The number of carbonyl (C=O) groups is 2. The molecule has 1 rings (SSSR count). The molecular weight excluding hydrogens is 251 g/mol. The van der Waals surface area contributed by atoms with E-state index in [9.17, 15) is 22.8 Å². The Balaban J connectivity index is 2.74. The molecule has 1 saturated carbocycles. The number of nitrogens with zero attached hydrogens (tertiary/aromatic N) is 1. The fraction of sp³-hybridized carbons (Fsp3) is 0.818. The third kappa shape index (κ3) is 3.61. The Kier molecular flexibility index (Phi) is 4.59. The van der Waals surface area contributed by atoms with Crippen molar-refractivity contribution < 1.29 is 27.9 Å². The number of carboxylic acids is 1. The van der Waals surface area contributed by atoms with Gasteiger partial charge in [0.1, 0.15) is 6.54 Å². The Bertz CT molecular complexity index is 330. The Labute approximate surface area is 103 Å². The summed E-state index contributed by atoms with van der Waals surface area (Å²) in [7, 11) is 0. The molecule has 18 heavy (non-hydrogen) atoms. The maximum absolute atomic E-state index is 12.3.